The second-order valence-electron chi connectivity index (χ2n) is 5.10. The number of amides is 1. The number of aromatic nitrogens is 3. The number of hydrogen-bond donors (Lipinski definition) is 1. The molecule has 0 spiro atoms. The summed E-state index contributed by atoms with van der Waals surface area (Å²) < 4.78 is 2.82. The number of rotatable bonds is 3. The van der Waals surface area contributed by atoms with E-state index in [1.165, 1.54) is 23.0 Å². The summed E-state index contributed by atoms with van der Waals surface area (Å²) >= 11 is 1.50. The summed E-state index contributed by atoms with van der Waals surface area (Å²) in [5.41, 5.74) is 4.11. The number of nitrogens with one attached hydrogen (secondary N) is 1. The number of benzene rings is 1. The molecular formula is C16H16N4OS. The van der Waals surface area contributed by atoms with Crippen molar-refractivity contribution in [2.45, 2.75) is 13.8 Å². The first-order chi connectivity index (χ1) is 10.5. The van der Waals surface area contributed by atoms with E-state index in [-0.39, 0.29) is 5.91 Å². The number of carbonyl (C=O) groups is 1. The molecule has 0 bridgehead atoms. The van der Waals surface area contributed by atoms with Crippen molar-refractivity contribution >= 4 is 38.7 Å². The summed E-state index contributed by atoms with van der Waals surface area (Å²) in [5, 5.41) is 7.49. The number of thiazole rings is 1. The smallest absolute Gasteiger partial charge is 0.250 e. The highest BCUT2D eigenvalue weighted by Gasteiger charge is 2.09. The van der Waals surface area contributed by atoms with Crippen molar-refractivity contribution in [3.8, 4) is 0 Å². The lowest BCUT2D eigenvalue weighted by atomic mass is 10.1. The van der Waals surface area contributed by atoms with Crippen molar-refractivity contribution in [2.24, 2.45) is 7.05 Å². The second kappa shape index (κ2) is 5.73. The lowest BCUT2D eigenvalue weighted by Crippen LogP contribution is -2.07. The summed E-state index contributed by atoms with van der Waals surface area (Å²) in [7, 11) is 1.83. The van der Waals surface area contributed by atoms with Crippen molar-refractivity contribution in [3.63, 3.8) is 0 Å². The van der Waals surface area contributed by atoms with Crippen LogP contribution in [-0.2, 0) is 11.8 Å². The maximum atomic E-state index is 12.0. The van der Waals surface area contributed by atoms with Gasteiger partial charge in [0.2, 0.25) is 5.91 Å². The van der Waals surface area contributed by atoms with Crippen molar-refractivity contribution in [1.82, 2.24) is 14.8 Å². The maximum Gasteiger partial charge on any atom is 0.250 e. The van der Waals surface area contributed by atoms with E-state index in [1.54, 1.807) is 17.0 Å². The average Bonchev–Trinajstić information content (AvgIpc) is 3.08. The van der Waals surface area contributed by atoms with Crippen molar-refractivity contribution in [1.29, 1.82) is 0 Å². The Bertz CT molecular complexity index is 837. The minimum atomic E-state index is -0.199. The van der Waals surface area contributed by atoms with Crippen LogP contribution in [-0.4, -0.2) is 20.7 Å². The third-order valence-electron chi connectivity index (χ3n) is 3.44. The standard InChI is InChI=1S/C16H16N4OS/c1-10-4-5-11(2)15-14(10)19-16(22-15)18-13(21)7-6-12-8-9-17-20(12)3/h4-9H,1-3H3,(H,18,19,21)/b7-6+. The molecule has 1 aromatic carbocycles. The molecule has 3 rings (SSSR count). The van der Waals surface area contributed by atoms with Crippen LogP contribution in [0.5, 0.6) is 0 Å². The molecule has 1 N–H and O–H groups in total. The Hall–Kier alpha value is -2.47. The van der Waals surface area contributed by atoms with Crippen molar-refractivity contribution in [2.75, 3.05) is 5.32 Å². The van der Waals surface area contributed by atoms with Crippen molar-refractivity contribution in [3.05, 3.63) is 47.3 Å². The molecule has 2 heterocycles. The maximum absolute atomic E-state index is 12.0. The van der Waals surface area contributed by atoms with Gasteiger partial charge in [0.25, 0.3) is 0 Å². The molecule has 112 valence electrons. The second-order valence-corrected chi connectivity index (χ2v) is 6.10. The minimum absolute atomic E-state index is 0.199. The van der Waals surface area contributed by atoms with E-state index in [1.807, 2.05) is 33.0 Å². The molecule has 2 aromatic heterocycles. The van der Waals surface area contributed by atoms with Gasteiger partial charge in [0.1, 0.15) is 0 Å². The SMILES string of the molecule is Cc1ccc(C)c2sc(NC(=O)/C=C/c3ccnn3C)nc12. The fourth-order valence-corrected chi connectivity index (χ4v) is 3.18. The Balaban J connectivity index is 1.80. The van der Waals surface area contributed by atoms with Crippen LogP contribution in [0.4, 0.5) is 5.13 Å². The van der Waals surface area contributed by atoms with E-state index in [9.17, 15) is 4.79 Å². The summed E-state index contributed by atoms with van der Waals surface area (Å²) in [6, 6.07) is 5.96. The first-order valence-electron chi connectivity index (χ1n) is 6.88. The van der Waals surface area contributed by atoms with Gasteiger partial charge >= 0.3 is 0 Å². The molecule has 5 nitrogen and oxygen atoms in total. The van der Waals surface area contributed by atoms with Crippen LogP contribution in [0.1, 0.15) is 16.8 Å². The highest BCUT2D eigenvalue weighted by atomic mass is 32.1. The van der Waals surface area contributed by atoms with Crippen molar-refractivity contribution < 1.29 is 4.79 Å². The van der Waals surface area contributed by atoms with E-state index < -0.39 is 0 Å². The third-order valence-corrected chi connectivity index (χ3v) is 4.54. The summed E-state index contributed by atoms with van der Waals surface area (Å²) in [6.07, 6.45) is 4.91. The van der Waals surface area contributed by atoms with Gasteiger partial charge in [0.05, 0.1) is 15.9 Å². The molecule has 0 aliphatic heterocycles. The molecule has 6 heteroatoms. The van der Waals surface area contributed by atoms with Crippen LogP contribution in [0, 0.1) is 13.8 Å². The Morgan fingerprint density at radius 3 is 2.73 bits per heavy atom. The third kappa shape index (κ3) is 2.78. The number of hydrogen-bond acceptors (Lipinski definition) is 4. The lowest BCUT2D eigenvalue weighted by molar-refractivity contribution is -0.111. The molecule has 0 unspecified atom stereocenters. The summed E-state index contributed by atoms with van der Waals surface area (Å²) in [6.45, 7) is 4.07. The van der Waals surface area contributed by atoms with Crippen LogP contribution in [0.15, 0.2) is 30.5 Å². The molecule has 0 radical (unpaired) electrons. The van der Waals surface area contributed by atoms with Crippen LogP contribution in [0.3, 0.4) is 0 Å². The van der Waals surface area contributed by atoms with Gasteiger partial charge in [-0.25, -0.2) is 4.98 Å². The van der Waals surface area contributed by atoms with E-state index in [0.29, 0.717) is 5.13 Å². The highest BCUT2D eigenvalue weighted by molar-refractivity contribution is 7.22. The van der Waals surface area contributed by atoms with Gasteiger partial charge in [0, 0.05) is 19.3 Å². The predicted octanol–water partition coefficient (Wildman–Crippen LogP) is 3.30. The molecular weight excluding hydrogens is 296 g/mol. The van der Waals surface area contributed by atoms with Gasteiger partial charge in [-0.15, -0.1) is 0 Å². The number of carbonyl (C=O) groups excluding carboxylic acids is 1. The zero-order valence-corrected chi connectivity index (χ0v) is 13.4. The monoisotopic (exact) mass is 312 g/mol. The molecule has 0 aliphatic carbocycles. The van der Waals surface area contributed by atoms with E-state index in [4.69, 9.17) is 0 Å². The van der Waals surface area contributed by atoms with Crippen LogP contribution >= 0.6 is 11.3 Å². The lowest BCUT2D eigenvalue weighted by Gasteiger charge is -1.96. The van der Waals surface area contributed by atoms with Crippen LogP contribution < -0.4 is 5.32 Å². The fraction of sp³-hybridized carbons (Fsp3) is 0.188. The first-order valence-corrected chi connectivity index (χ1v) is 7.70. The van der Waals surface area contributed by atoms with Crippen LogP contribution in [0.25, 0.3) is 16.3 Å². The summed E-state index contributed by atoms with van der Waals surface area (Å²) in [5.74, 6) is -0.199. The Morgan fingerprint density at radius 2 is 2.05 bits per heavy atom. The van der Waals surface area contributed by atoms with E-state index in [0.717, 1.165) is 21.5 Å². The number of aryl methyl sites for hydroxylation is 3. The molecule has 0 saturated heterocycles. The van der Waals surface area contributed by atoms with Gasteiger partial charge < -0.3 is 0 Å². The largest absolute Gasteiger partial charge is 0.298 e. The predicted molar refractivity (Wildman–Crippen MR) is 90.0 cm³/mol. The quantitative estimate of drug-likeness (QED) is 0.755. The number of anilines is 1. The zero-order valence-electron chi connectivity index (χ0n) is 12.6. The van der Waals surface area contributed by atoms with Gasteiger partial charge in [-0.3, -0.25) is 14.8 Å². The fourth-order valence-electron chi connectivity index (χ4n) is 2.17. The molecule has 0 aliphatic rings. The molecule has 22 heavy (non-hydrogen) atoms. The Morgan fingerprint density at radius 1 is 1.27 bits per heavy atom. The number of fused-ring (bicyclic) bond motifs is 1. The van der Waals surface area contributed by atoms with Gasteiger partial charge in [-0.2, -0.15) is 5.10 Å². The van der Waals surface area contributed by atoms with E-state index in [2.05, 4.69) is 21.5 Å². The molecule has 0 fully saturated rings. The van der Waals surface area contributed by atoms with Crippen LogP contribution in [0.2, 0.25) is 0 Å². The molecule has 1 amide bonds. The first kappa shape index (κ1) is 14.5. The van der Waals surface area contributed by atoms with Gasteiger partial charge in [-0.05, 0) is 37.1 Å². The van der Waals surface area contributed by atoms with Gasteiger partial charge in [-0.1, -0.05) is 23.5 Å². The normalized spacial score (nSPS) is 11.4. The molecule has 3 aromatic rings. The summed E-state index contributed by atoms with van der Waals surface area (Å²) in [4.78, 5) is 16.5. The Kier molecular flexibility index (Phi) is 3.77. The molecule has 0 saturated carbocycles. The van der Waals surface area contributed by atoms with Gasteiger partial charge in [0.15, 0.2) is 5.13 Å². The van der Waals surface area contributed by atoms with E-state index >= 15 is 0 Å². The minimum Gasteiger partial charge on any atom is -0.298 e. The topological polar surface area (TPSA) is 59.8 Å². The average molecular weight is 312 g/mol. The molecule has 0 atom stereocenters. The zero-order chi connectivity index (χ0) is 15.7. The number of nitrogens with zero attached hydrogens (tertiary/aromatic N) is 3. The Labute approximate surface area is 132 Å². The highest BCUT2D eigenvalue weighted by Crippen LogP contribution is 2.30.